The molecule has 2 aromatic carbocycles. The Hall–Kier alpha value is -2.14. The smallest absolute Gasteiger partial charge is 0.326 e. The van der Waals surface area contributed by atoms with Gasteiger partial charge in [0.25, 0.3) is 0 Å². The van der Waals surface area contributed by atoms with Gasteiger partial charge in [-0.3, -0.25) is 4.79 Å². The fourth-order valence-electron chi connectivity index (χ4n) is 3.31. The molecule has 31 heavy (non-hydrogen) atoms. The number of carbonyl (C=O) groups excluding carboxylic acids is 1. The Morgan fingerprint density at radius 3 is 2.35 bits per heavy atom. The molecule has 0 radical (unpaired) electrons. The number of carbonyl (C=O) groups is 1. The summed E-state index contributed by atoms with van der Waals surface area (Å²) in [5.74, 6) is -0.212. The lowest BCUT2D eigenvalue weighted by Gasteiger charge is -2.34. The van der Waals surface area contributed by atoms with Crippen LogP contribution in [0.4, 0.5) is 18.9 Å². The predicted molar refractivity (Wildman–Crippen MR) is 111 cm³/mol. The van der Waals surface area contributed by atoms with Gasteiger partial charge in [-0.05, 0) is 30.3 Å². The minimum absolute atomic E-state index is 0.0461. The number of piperazine rings is 1. The van der Waals surface area contributed by atoms with Crippen molar-refractivity contribution < 1.29 is 26.4 Å². The SMILES string of the molecule is O=C(CCN1CCN(S(=O)(=O)c2ccccc2C(F)(F)F)CC1)Nc1cccc(Cl)c1. The van der Waals surface area contributed by atoms with Crippen molar-refractivity contribution in [2.75, 3.05) is 38.0 Å². The van der Waals surface area contributed by atoms with Crippen LogP contribution >= 0.6 is 11.6 Å². The van der Waals surface area contributed by atoms with Crippen LogP contribution in [-0.4, -0.2) is 56.3 Å². The Balaban J connectivity index is 1.55. The summed E-state index contributed by atoms with van der Waals surface area (Å²) in [4.78, 5) is 13.3. The van der Waals surface area contributed by atoms with E-state index in [1.807, 2.05) is 4.90 Å². The van der Waals surface area contributed by atoms with Crippen molar-refractivity contribution in [1.29, 1.82) is 0 Å². The highest BCUT2D eigenvalue weighted by Gasteiger charge is 2.39. The molecule has 0 unspecified atom stereocenters. The molecule has 0 saturated carbocycles. The third-order valence-electron chi connectivity index (χ3n) is 4.91. The molecule has 1 saturated heterocycles. The second kappa shape index (κ2) is 9.56. The van der Waals surface area contributed by atoms with Gasteiger partial charge in [0.1, 0.15) is 0 Å². The number of nitrogens with one attached hydrogen (secondary N) is 1. The van der Waals surface area contributed by atoms with Crippen molar-refractivity contribution in [3.05, 3.63) is 59.1 Å². The minimum Gasteiger partial charge on any atom is -0.326 e. The van der Waals surface area contributed by atoms with E-state index in [1.165, 1.54) is 6.07 Å². The summed E-state index contributed by atoms with van der Waals surface area (Å²) in [6.45, 7) is 1.13. The molecule has 0 atom stereocenters. The van der Waals surface area contributed by atoms with E-state index < -0.39 is 26.7 Å². The fraction of sp³-hybridized carbons (Fsp3) is 0.350. The standard InChI is InChI=1S/C20H21ClF3N3O3S/c21-15-4-3-5-16(14-15)25-19(28)8-9-26-10-12-27(13-11-26)31(29,30)18-7-2-1-6-17(18)20(22,23)24/h1-7,14H,8-13H2,(H,25,28). The zero-order valence-electron chi connectivity index (χ0n) is 16.4. The van der Waals surface area contributed by atoms with Gasteiger partial charge in [-0.15, -0.1) is 0 Å². The number of halogens is 4. The number of hydrogen-bond acceptors (Lipinski definition) is 4. The third-order valence-corrected chi connectivity index (χ3v) is 7.10. The Morgan fingerprint density at radius 2 is 1.71 bits per heavy atom. The maximum absolute atomic E-state index is 13.2. The first-order chi connectivity index (χ1) is 14.6. The molecule has 11 heteroatoms. The Bertz CT molecular complexity index is 1040. The predicted octanol–water partition coefficient (Wildman–Crippen LogP) is 3.69. The lowest BCUT2D eigenvalue weighted by Crippen LogP contribution is -2.49. The summed E-state index contributed by atoms with van der Waals surface area (Å²) in [5.41, 5.74) is -0.591. The minimum atomic E-state index is -4.76. The number of nitrogens with zero attached hydrogens (tertiary/aromatic N) is 2. The van der Waals surface area contributed by atoms with Crippen LogP contribution < -0.4 is 5.32 Å². The lowest BCUT2D eigenvalue weighted by atomic mass is 10.2. The molecule has 0 spiro atoms. The first-order valence-corrected chi connectivity index (χ1v) is 11.3. The molecule has 0 bridgehead atoms. The summed E-state index contributed by atoms with van der Waals surface area (Å²) in [6, 6.07) is 10.9. The molecule has 1 aliphatic heterocycles. The number of alkyl halides is 3. The van der Waals surface area contributed by atoms with E-state index >= 15 is 0 Å². The number of benzene rings is 2. The van der Waals surface area contributed by atoms with Crippen LogP contribution in [0.5, 0.6) is 0 Å². The summed E-state index contributed by atoms with van der Waals surface area (Å²) in [6.07, 6.45) is -4.57. The summed E-state index contributed by atoms with van der Waals surface area (Å²) < 4.78 is 66.3. The van der Waals surface area contributed by atoms with Crippen molar-refractivity contribution in [2.24, 2.45) is 0 Å². The highest BCUT2D eigenvalue weighted by Crippen LogP contribution is 2.35. The molecule has 1 N–H and O–H groups in total. The number of hydrogen-bond donors (Lipinski definition) is 1. The molecule has 1 fully saturated rings. The van der Waals surface area contributed by atoms with Crippen LogP contribution in [0.15, 0.2) is 53.4 Å². The highest BCUT2D eigenvalue weighted by molar-refractivity contribution is 7.89. The zero-order valence-corrected chi connectivity index (χ0v) is 18.0. The topological polar surface area (TPSA) is 69.7 Å². The lowest BCUT2D eigenvalue weighted by molar-refractivity contribution is -0.140. The second-order valence-corrected chi connectivity index (χ2v) is 9.39. The van der Waals surface area contributed by atoms with Crippen LogP contribution in [0.2, 0.25) is 5.02 Å². The average molecular weight is 476 g/mol. The van der Waals surface area contributed by atoms with Gasteiger partial charge in [-0.25, -0.2) is 8.42 Å². The van der Waals surface area contributed by atoms with Gasteiger partial charge in [-0.1, -0.05) is 29.8 Å². The quantitative estimate of drug-likeness (QED) is 0.691. The molecule has 1 aliphatic rings. The van der Waals surface area contributed by atoms with E-state index in [1.54, 1.807) is 24.3 Å². The van der Waals surface area contributed by atoms with Crippen molar-refractivity contribution in [2.45, 2.75) is 17.5 Å². The third kappa shape index (κ3) is 5.97. The summed E-state index contributed by atoms with van der Waals surface area (Å²) >= 11 is 5.88. The number of anilines is 1. The van der Waals surface area contributed by atoms with Crippen molar-refractivity contribution >= 4 is 33.2 Å². The first-order valence-electron chi connectivity index (χ1n) is 9.51. The maximum atomic E-state index is 13.2. The number of rotatable bonds is 6. The van der Waals surface area contributed by atoms with Crippen molar-refractivity contribution in [1.82, 2.24) is 9.21 Å². The monoisotopic (exact) mass is 475 g/mol. The highest BCUT2D eigenvalue weighted by atomic mass is 35.5. The van der Waals surface area contributed by atoms with Crippen LogP contribution in [0.3, 0.4) is 0 Å². The van der Waals surface area contributed by atoms with E-state index in [4.69, 9.17) is 11.6 Å². The normalized spacial score (nSPS) is 16.3. The number of sulfonamides is 1. The first kappa shape index (κ1) is 23.5. The van der Waals surface area contributed by atoms with Gasteiger partial charge in [0.05, 0.1) is 10.5 Å². The molecule has 0 aliphatic carbocycles. The fourth-order valence-corrected chi connectivity index (χ4v) is 5.13. The Labute approximate surface area is 183 Å². The summed E-state index contributed by atoms with van der Waals surface area (Å²) in [7, 11) is -4.28. The van der Waals surface area contributed by atoms with Gasteiger partial charge in [0, 0.05) is 49.9 Å². The van der Waals surface area contributed by atoms with E-state index in [9.17, 15) is 26.4 Å². The van der Waals surface area contributed by atoms with Crippen LogP contribution in [0.1, 0.15) is 12.0 Å². The summed E-state index contributed by atoms with van der Waals surface area (Å²) in [5, 5.41) is 3.24. The van der Waals surface area contributed by atoms with Gasteiger partial charge in [0.15, 0.2) is 0 Å². The van der Waals surface area contributed by atoms with E-state index in [0.717, 1.165) is 22.5 Å². The molecule has 0 aromatic heterocycles. The van der Waals surface area contributed by atoms with E-state index in [0.29, 0.717) is 30.3 Å². The molecular weight excluding hydrogens is 455 g/mol. The molecule has 168 valence electrons. The van der Waals surface area contributed by atoms with E-state index in [2.05, 4.69) is 5.32 Å². The zero-order chi connectivity index (χ0) is 22.6. The van der Waals surface area contributed by atoms with E-state index in [-0.39, 0.29) is 25.4 Å². The van der Waals surface area contributed by atoms with Crippen molar-refractivity contribution in [3.8, 4) is 0 Å². The Morgan fingerprint density at radius 1 is 1.03 bits per heavy atom. The van der Waals surface area contributed by atoms with Crippen LogP contribution in [-0.2, 0) is 21.0 Å². The Kier molecular flexibility index (Phi) is 7.25. The largest absolute Gasteiger partial charge is 0.417 e. The molecule has 3 rings (SSSR count). The molecule has 1 amide bonds. The van der Waals surface area contributed by atoms with Crippen LogP contribution in [0.25, 0.3) is 0 Å². The van der Waals surface area contributed by atoms with Gasteiger partial charge in [-0.2, -0.15) is 17.5 Å². The van der Waals surface area contributed by atoms with Crippen molar-refractivity contribution in [3.63, 3.8) is 0 Å². The van der Waals surface area contributed by atoms with Gasteiger partial charge >= 0.3 is 6.18 Å². The number of amides is 1. The van der Waals surface area contributed by atoms with Crippen LogP contribution in [0, 0.1) is 0 Å². The molecule has 1 heterocycles. The molecular formula is C20H21ClF3N3O3S. The molecule has 6 nitrogen and oxygen atoms in total. The van der Waals surface area contributed by atoms with Gasteiger partial charge in [0.2, 0.25) is 15.9 Å². The van der Waals surface area contributed by atoms with Gasteiger partial charge < -0.3 is 10.2 Å². The average Bonchev–Trinajstić information content (AvgIpc) is 2.72. The molecule has 2 aromatic rings. The second-order valence-electron chi connectivity index (χ2n) is 7.05. The maximum Gasteiger partial charge on any atom is 0.417 e.